The fourth-order valence-electron chi connectivity index (χ4n) is 2.12. The van der Waals surface area contributed by atoms with Gasteiger partial charge in [-0.25, -0.2) is 4.98 Å². The molecule has 0 fully saturated rings. The van der Waals surface area contributed by atoms with E-state index in [4.69, 9.17) is 0 Å². The molecule has 3 heteroatoms. The molecule has 0 aliphatic rings. The Morgan fingerprint density at radius 1 is 1.10 bits per heavy atom. The first-order chi connectivity index (χ1) is 9.41. The molecule has 1 N–H and O–H groups in total. The monoisotopic (exact) mass is 265 g/mol. The molecule has 1 aromatic heterocycles. The molecule has 0 atom stereocenters. The number of hydrogen-bond donors (Lipinski definition) is 1. The first kappa shape index (κ1) is 14.1. The van der Waals surface area contributed by atoms with E-state index in [-0.39, 0.29) is 5.41 Å². The van der Waals surface area contributed by atoms with Crippen LogP contribution in [0.25, 0.3) is 0 Å². The molecule has 0 aliphatic heterocycles. The van der Waals surface area contributed by atoms with E-state index in [0.29, 0.717) is 11.4 Å². The van der Waals surface area contributed by atoms with E-state index in [1.165, 1.54) is 5.56 Å². The van der Waals surface area contributed by atoms with Crippen molar-refractivity contribution in [1.29, 1.82) is 5.26 Å². The number of nitriles is 1. The van der Waals surface area contributed by atoms with Gasteiger partial charge in [0.25, 0.3) is 0 Å². The van der Waals surface area contributed by atoms with Gasteiger partial charge in [0.05, 0.1) is 5.56 Å². The van der Waals surface area contributed by atoms with Crippen molar-refractivity contribution in [3.05, 3.63) is 53.2 Å². The lowest BCUT2D eigenvalue weighted by Gasteiger charge is -2.23. The second-order valence-corrected chi connectivity index (χ2v) is 5.88. The predicted octanol–water partition coefficient (Wildman–Crippen LogP) is 4.30. The Bertz CT molecular complexity index is 661. The zero-order valence-electron chi connectivity index (χ0n) is 12.4. The number of pyridine rings is 1. The summed E-state index contributed by atoms with van der Waals surface area (Å²) in [7, 11) is 0. The van der Waals surface area contributed by atoms with Crippen LogP contribution in [0.5, 0.6) is 0 Å². The SMILES string of the molecule is Cc1ccc(C#N)c(Nc2ccccc2C(C)(C)C)n1. The molecule has 1 aromatic carbocycles. The Morgan fingerprint density at radius 3 is 2.45 bits per heavy atom. The average Bonchev–Trinajstić information content (AvgIpc) is 2.38. The molecule has 0 saturated heterocycles. The van der Waals surface area contributed by atoms with Gasteiger partial charge < -0.3 is 5.32 Å². The molecule has 0 radical (unpaired) electrons. The van der Waals surface area contributed by atoms with Gasteiger partial charge in [-0.05, 0) is 36.1 Å². The molecule has 0 aliphatic carbocycles. The zero-order chi connectivity index (χ0) is 14.8. The summed E-state index contributed by atoms with van der Waals surface area (Å²) in [5.74, 6) is 0.615. The van der Waals surface area contributed by atoms with E-state index in [0.717, 1.165) is 11.4 Å². The fraction of sp³-hybridized carbons (Fsp3) is 0.294. The summed E-state index contributed by atoms with van der Waals surface area (Å²) in [5, 5.41) is 12.5. The molecule has 0 amide bonds. The third-order valence-corrected chi connectivity index (χ3v) is 3.14. The summed E-state index contributed by atoms with van der Waals surface area (Å²) in [4.78, 5) is 4.43. The van der Waals surface area contributed by atoms with Gasteiger partial charge in [0.2, 0.25) is 0 Å². The smallest absolute Gasteiger partial charge is 0.148 e. The van der Waals surface area contributed by atoms with Gasteiger partial charge in [-0.1, -0.05) is 39.0 Å². The zero-order valence-corrected chi connectivity index (χ0v) is 12.4. The predicted molar refractivity (Wildman–Crippen MR) is 82.1 cm³/mol. The van der Waals surface area contributed by atoms with E-state index in [1.807, 2.05) is 31.2 Å². The van der Waals surface area contributed by atoms with E-state index < -0.39 is 0 Å². The van der Waals surface area contributed by atoms with Crippen LogP contribution in [0.2, 0.25) is 0 Å². The highest BCUT2D eigenvalue weighted by atomic mass is 15.0. The Balaban J connectivity index is 2.46. The number of anilines is 2. The first-order valence-corrected chi connectivity index (χ1v) is 6.66. The van der Waals surface area contributed by atoms with Crippen LogP contribution < -0.4 is 5.32 Å². The number of benzene rings is 1. The largest absolute Gasteiger partial charge is 0.339 e. The van der Waals surface area contributed by atoms with Crippen LogP contribution in [0.4, 0.5) is 11.5 Å². The van der Waals surface area contributed by atoms with Crippen LogP contribution in [0.3, 0.4) is 0 Å². The Hall–Kier alpha value is -2.34. The highest BCUT2D eigenvalue weighted by molar-refractivity contribution is 5.66. The third-order valence-electron chi connectivity index (χ3n) is 3.14. The molecule has 2 rings (SSSR count). The van der Waals surface area contributed by atoms with Gasteiger partial charge in [0, 0.05) is 11.4 Å². The Labute approximate surface area is 120 Å². The van der Waals surface area contributed by atoms with E-state index in [1.54, 1.807) is 6.07 Å². The lowest BCUT2D eigenvalue weighted by Crippen LogP contribution is -2.14. The molecule has 2 aromatic rings. The molecule has 1 heterocycles. The van der Waals surface area contributed by atoms with Gasteiger partial charge in [0.1, 0.15) is 11.9 Å². The minimum absolute atomic E-state index is 0.0280. The van der Waals surface area contributed by atoms with Crippen molar-refractivity contribution < 1.29 is 0 Å². The summed E-state index contributed by atoms with van der Waals surface area (Å²) in [6.07, 6.45) is 0. The van der Waals surface area contributed by atoms with Gasteiger partial charge in [-0.15, -0.1) is 0 Å². The fourth-order valence-corrected chi connectivity index (χ4v) is 2.12. The maximum absolute atomic E-state index is 9.19. The first-order valence-electron chi connectivity index (χ1n) is 6.66. The third kappa shape index (κ3) is 2.97. The number of nitrogens with zero attached hydrogens (tertiary/aromatic N) is 2. The molecular weight excluding hydrogens is 246 g/mol. The van der Waals surface area contributed by atoms with Crippen LogP contribution in [0.1, 0.15) is 37.6 Å². The normalized spacial score (nSPS) is 10.9. The number of aromatic nitrogens is 1. The van der Waals surface area contributed by atoms with Gasteiger partial charge >= 0.3 is 0 Å². The van der Waals surface area contributed by atoms with Crippen LogP contribution in [-0.2, 0) is 5.41 Å². The number of nitrogens with one attached hydrogen (secondary N) is 1. The van der Waals surface area contributed by atoms with Crippen LogP contribution in [-0.4, -0.2) is 4.98 Å². The second-order valence-electron chi connectivity index (χ2n) is 5.88. The maximum atomic E-state index is 9.19. The molecule has 0 unspecified atom stereocenters. The van der Waals surface area contributed by atoms with Gasteiger partial charge in [-0.3, -0.25) is 0 Å². The summed E-state index contributed by atoms with van der Waals surface area (Å²) < 4.78 is 0. The van der Waals surface area contributed by atoms with Crippen molar-refractivity contribution in [3.8, 4) is 6.07 Å². The van der Waals surface area contributed by atoms with Crippen molar-refractivity contribution in [3.63, 3.8) is 0 Å². The number of rotatable bonds is 2. The van der Waals surface area contributed by atoms with Crippen LogP contribution >= 0.6 is 0 Å². The van der Waals surface area contributed by atoms with E-state index in [9.17, 15) is 5.26 Å². The molecular formula is C17H19N3. The molecule has 3 nitrogen and oxygen atoms in total. The van der Waals surface area contributed by atoms with E-state index >= 15 is 0 Å². The molecule has 0 spiro atoms. The number of hydrogen-bond acceptors (Lipinski definition) is 3. The maximum Gasteiger partial charge on any atom is 0.148 e. The second kappa shape index (κ2) is 5.34. The summed E-state index contributed by atoms with van der Waals surface area (Å²) in [6, 6.07) is 14.0. The molecule has 102 valence electrons. The van der Waals surface area contributed by atoms with Gasteiger partial charge in [0.15, 0.2) is 0 Å². The summed E-state index contributed by atoms with van der Waals surface area (Å²) >= 11 is 0. The van der Waals surface area contributed by atoms with Crippen molar-refractivity contribution in [2.24, 2.45) is 0 Å². The summed E-state index contributed by atoms with van der Waals surface area (Å²) in [5.41, 5.74) is 3.67. The van der Waals surface area contributed by atoms with Gasteiger partial charge in [-0.2, -0.15) is 5.26 Å². The van der Waals surface area contributed by atoms with Crippen LogP contribution in [0, 0.1) is 18.3 Å². The molecule has 0 saturated carbocycles. The highest BCUT2D eigenvalue weighted by Gasteiger charge is 2.18. The average molecular weight is 265 g/mol. The minimum Gasteiger partial charge on any atom is -0.339 e. The highest BCUT2D eigenvalue weighted by Crippen LogP contribution is 2.31. The van der Waals surface area contributed by atoms with Crippen molar-refractivity contribution >= 4 is 11.5 Å². The molecule has 20 heavy (non-hydrogen) atoms. The van der Waals surface area contributed by atoms with Crippen molar-refractivity contribution in [1.82, 2.24) is 4.98 Å². The number of para-hydroxylation sites is 1. The lowest BCUT2D eigenvalue weighted by molar-refractivity contribution is 0.592. The molecule has 0 bridgehead atoms. The Kier molecular flexibility index (Phi) is 3.76. The standard InChI is InChI=1S/C17H19N3/c1-12-9-10-13(11-18)16(19-12)20-15-8-6-5-7-14(15)17(2,3)4/h5-10H,1-4H3,(H,19,20). The minimum atomic E-state index is 0.0280. The van der Waals surface area contributed by atoms with Crippen LogP contribution in [0.15, 0.2) is 36.4 Å². The van der Waals surface area contributed by atoms with E-state index in [2.05, 4.69) is 43.2 Å². The lowest BCUT2D eigenvalue weighted by atomic mass is 9.86. The Morgan fingerprint density at radius 2 is 1.80 bits per heavy atom. The summed E-state index contributed by atoms with van der Waals surface area (Å²) in [6.45, 7) is 8.43. The quantitative estimate of drug-likeness (QED) is 0.880. The number of aryl methyl sites for hydroxylation is 1. The van der Waals surface area contributed by atoms with Crippen molar-refractivity contribution in [2.75, 3.05) is 5.32 Å². The topological polar surface area (TPSA) is 48.7 Å². The van der Waals surface area contributed by atoms with Crippen molar-refractivity contribution in [2.45, 2.75) is 33.1 Å².